The monoisotopic (exact) mass is 362 g/mol. The normalized spacial score (nSPS) is 17.4. The van der Waals surface area contributed by atoms with E-state index in [0.29, 0.717) is 11.6 Å². The Morgan fingerprint density at radius 2 is 2.08 bits per heavy atom. The molecule has 1 aliphatic rings. The van der Waals surface area contributed by atoms with Crippen LogP contribution in [-0.2, 0) is 11.3 Å². The number of carbonyl (C=O) groups excluding carboxylic acids is 1. The molecule has 2 heterocycles. The largest absolute Gasteiger partial charge is 0.360 e. The smallest absolute Gasteiger partial charge is 0.242 e. The van der Waals surface area contributed by atoms with E-state index in [1.165, 1.54) is 5.56 Å². The summed E-state index contributed by atoms with van der Waals surface area (Å²) in [5.41, 5.74) is 1.22. The van der Waals surface area contributed by atoms with Crippen LogP contribution in [0.3, 0.4) is 0 Å². The lowest BCUT2D eigenvalue weighted by Gasteiger charge is -2.37. The average Bonchev–Trinajstić information content (AvgIpc) is 3.00. The molecule has 1 aromatic heterocycles. The van der Waals surface area contributed by atoms with Gasteiger partial charge < -0.3 is 9.84 Å². The lowest BCUT2D eigenvalue weighted by Crippen LogP contribution is -2.52. The topological polar surface area (TPSA) is 61.6 Å². The van der Waals surface area contributed by atoms with E-state index in [2.05, 4.69) is 26.3 Å². The minimum Gasteiger partial charge on any atom is -0.360 e. The van der Waals surface area contributed by atoms with Crippen molar-refractivity contribution in [1.29, 1.82) is 0 Å². The molecule has 25 heavy (non-hydrogen) atoms. The second-order valence-electron chi connectivity index (χ2n) is 6.43. The maximum absolute atomic E-state index is 12.4. The molecule has 0 radical (unpaired) electrons. The number of carbonyl (C=O) groups is 1. The molecule has 1 aliphatic heterocycles. The molecule has 0 unspecified atom stereocenters. The fourth-order valence-corrected chi connectivity index (χ4v) is 3.24. The molecule has 7 heteroatoms. The highest BCUT2D eigenvalue weighted by Gasteiger charge is 2.26. The standard InChI is InChI=1S/C18H23ClN4O2/c1-13-10-17(21-25-13)20-18(24)14(2)23-8-6-22(7-9-23)12-15-4-3-5-16(19)11-15/h3-5,10-11,14H,6-9,12H2,1-2H3,(H,20,21,24)/t14-/m1/s1. The fraction of sp³-hybridized carbons (Fsp3) is 0.444. The van der Waals surface area contributed by atoms with E-state index in [0.717, 1.165) is 37.7 Å². The van der Waals surface area contributed by atoms with Crippen LogP contribution < -0.4 is 5.32 Å². The number of nitrogens with zero attached hydrogens (tertiary/aromatic N) is 3. The van der Waals surface area contributed by atoms with Gasteiger partial charge in [-0.15, -0.1) is 0 Å². The molecule has 134 valence electrons. The molecule has 0 bridgehead atoms. The van der Waals surface area contributed by atoms with Crippen molar-refractivity contribution in [2.24, 2.45) is 0 Å². The van der Waals surface area contributed by atoms with Crippen molar-refractivity contribution in [3.8, 4) is 0 Å². The van der Waals surface area contributed by atoms with Gasteiger partial charge in [-0.05, 0) is 31.5 Å². The third-order valence-corrected chi connectivity index (χ3v) is 4.74. The third-order valence-electron chi connectivity index (χ3n) is 4.51. The van der Waals surface area contributed by atoms with Gasteiger partial charge in [0.15, 0.2) is 5.82 Å². The van der Waals surface area contributed by atoms with Gasteiger partial charge in [-0.3, -0.25) is 14.6 Å². The quantitative estimate of drug-likeness (QED) is 0.886. The van der Waals surface area contributed by atoms with Crippen LogP contribution in [0.4, 0.5) is 5.82 Å². The minimum absolute atomic E-state index is 0.0587. The number of hydrogen-bond donors (Lipinski definition) is 1. The zero-order valence-corrected chi connectivity index (χ0v) is 15.3. The number of benzene rings is 1. The van der Waals surface area contributed by atoms with Crippen LogP contribution in [0.15, 0.2) is 34.9 Å². The molecule has 0 aliphatic carbocycles. The minimum atomic E-state index is -0.203. The predicted octanol–water partition coefficient (Wildman–Crippen LogP) is 2.78. The summed E-state index contributed by atoms with van der Waals surface area (Å²) >= 11 is 6.05. The van der Waals surface area contributed by atoms with Crippen molar-refractivity contribution in [3.63, 3.8) is 0 Å². The number of anilines is 1. The maximum atomic E-state index is 12.4. The van der Waals surface area contributed by atoms with Gasteiger partial charge in [0.1, 0.15) is 5.76 Å². The first-order chi connectivity index (χ1) is 12.0. The highest BCUT2D eigenvalue weighted by Crippen LogP contribution is 2.15. The molecule has 0 saturated carbocycles. The lowest BCUT2D eigenvalue weighted by molar-refractivity contribution is -0.121. The Hall–Kier alpha value is -1.89. The Morgan fingerprint density at radius 1 is 1.32 bits per heavy atom. The molecule has 1 amide bonds. The maximum Gasteiger partial charge on any atom is 0.242 e. The lowest BCUT2D eigenvalue weighted by atomic mass is 10.1. The van der Waals surface area contributed by atoms with Crippen LogP contribution in [0.25, 0.3) is 0 Å². The SMILES string of the molecule is Cc1cc(NC(=O)[C@@H](C)N2CCN(Cc3cccc(Cl)c3)CC2)no1. The van der Waals surface area contributed by atoms with Gasteiger partial charge in [0, 0.05) is 43.8 Å². The average molecular weight is 363 g/mol. The Morgan fingerprint density at radius 3 is 2.72 bits per heavy atom. The number of aromatic nitrogens is 1. The highest BCUT2D eigenvalue weighted by molar-refractivity contribution is 6.30. The second kappa shape index (κ2) is 7.99. The zero-order valence-electron chi connectivity index (χ0n) is 14.5. The van der Waals surface area contributed by atoms with Gasteiger partial charge >= 0.3 is 0 Å². The van der Waals surface area contributed by atoms with Crippen molar-refractivity contribution in [2.75, 3.05) is 31.5 Å². The van der Waals surface area contributed by atoms with Crippen LogP contribution in [0.5, 0.6) is 0 Å². The number of nitrogens with one attached hydrogen (secondary N) is 1. The number of aryl methyl sites for hydroxylation is 1. The number of hydrogen-bond acceptors (Lipinski definition) is 5. The Bertz CT molecular complexity index is 725. The first kappa shape index (κ1) is 17.9. The van der Waals surface area contributed by atoms with Crippen molar-refractivity contribution in [2.45, 2.75) is 26.4 Å². The first-order valence-electron chi connectivity index (χ1n) is 8.46. The van der Waals surface area contributed by atoms with Crippen LogP contribution in [0.1, 0.15) is 18.2 Å². The molecule has 1 fully saturated rings. The summed E-state index contributed by atoms with van der Waals surface area (Å²) in [5.74, 6) is 1.09. The van der Waals surface area contributed by atoms with Crippen LogP contribution >= 0.6 is 11.6 Å². The van der Waals surface area contributed by atoms with Crippen LogP contribution in [-0.4, -0.2) is 53.1 Å². The Kier molecular flexibility index (Phi) is 5.73. The molecule has 2 aromatic rings. The Labute approximate surface area is 152 Å². The molecule has 1 saturated heterocycles. The van der Waals surface area contributed by atoms with Crippen molar-refractivity contribution < 1.29 is 9.32 Å². The Balaban J connectivity index is 1.48. The summed E-state index contributed by atoms with van der Waals surface area (Å²) in [6.07, 6.45) is 0. The van der Waals surface area contributed by atoms with E-state index in [9.17, 15) is 4.79 Å². The van der Waals surface area contributed by atoms with E-state index in [1.807, 2.05) is 25.1 Å². The molecule has 3 rings (SSSR count). The highest BCUT2D eigenvalue weighted by atomic mass is 35.5. The van der Waals surface area contributed by atoms with Crippen molar-refractivity contribution >= 4 is 23.3 Å². The van der Waals surface area contributed by atoms with Crippen molar-refractivity contribution in [1.82, 2.24) is 15.0 Å². The van der Waals surface area contributed by atoms with E-state index >= 15 is 0 Å². The number of halogens is 1. The van der Waals surface area contributed by atoms with Gasteiger partial charge in [0.2, 0.25) is 5.91 Å². The summed E-state index contributed by atoms with van der Waals surface area (Å²) in [6.45, 7) is 8.16. The zero-order chi connectivity index (χ0) is 17.8. The van der Waals surface area contributed by atoms with Crippen LogP contribution in [0, 0.1) is 6.92 Å². The van der Waals surface area contributed by atoms with Crippen LogP contribution in [0.2, 0.25) is 5.02 Å². The van der Waals surface area contributed by atoms with Gasteiger partial charge in [-0.1, -0.05) is 28.9 Å². The molecule has 0 spiro atoms. The summed E-state index contributed by atoms with van der Waals surface area (Å²) in [4.78, 5) is 16.9. The summed E-state index contributed by atoms with van der Waals surface area (Å²) in [6, 6.07) is 9.47. The van der Waals surface area contributed by atoms with Gasteiger partial charge in [0.25, 0.3) is 0 Å². The van der Waals surface area contributed by atoms with E-state index in [1.54, 1.807) is 13.0 Å². The second-order valence-corrected chi connectivity index (χ2v) is 6.87. The molecule has 1 atom stereocenters. The number of rotatable bonds is 5. The summed E-state index contributed by atoms with van der Waals surface area (Å²) < 4.78 is 4.98. The van der Waals surface area contributed by atoms with E-state index in [-0.39, 0.29) is 11.9 Å². The van der Waals surface area contributed by atoms with Crippen molar-refractivity contribution in [3.05, 3.63) is 46.7 Å². The number of piperazine rings is 1. The summed E-state index contributed by atoms with van der Waals surface area (Å²) in [7, 11) is 0. The van der Waals surface area contributed by atoms with Gasteiger partial charge in [-0.25, -0.2) is 0 Å². The molecule has 1 aromatic carbocycles. The van der Waals surface area contributed by atoms with Gasteiger partial charge in [0.05, 0.1) is 6.04 Å². The molecule has 1 N–H and O–H groups in total. The van der Waals surface area contributed by atoms with Gasteiger partial charge in [-0.2, -0.15) is 0 Å². The predicted molar refractivity (Wildman–Crippen MR) is 97.6 cm³/mol. The molecule has 6 nitrogen and oxygen atoms in total. The van der Waals surface area contributed by atoms with E-state index in [4.69, 9.17) is 16.1 Å². The first-order valence-corrected chi connectivity index (χ1v) is 8.84. The molecular weight excluding hydrogens is 340 g/mol. The molecular formula is C18H23ClN4O2. The fourth-order valence-electron chi connectivity index (χ4n) is 3.02. The summed E-state index contributed by atoms with van der Waals surface area (Å²) in [5, 5.41) is 7.38. The van der Waals surface area contributed by atoms with E-state index < -0.39 is 0 Å². The number of amides is 1. The third kappa shape index (κ3) is 4.81.